The SMILES string of the molecule is CCCC1(C(=O)CP(=O)(O)O)CCC1. The summed E-state index contributed by atoms with van der Waals surface area (Å²) in [5.74, 6) is -0.237. The largest absolute Gasteiger partial charge is 0.332 e. The summed E-state index contributed by atoms with van der Waals surface area (Å²) in [6.45, 7) is 1.99. The Morgan fingerprint density at radius 3 is 2.29 bits per heavy atom. The fraction of sp³-hybridized carbons (Fsp3) is 0.889. The molecule has 82 valence electrons. The van der Waals surface area contributed by atoms with Crippen LogP contribution in [0, 0.1) is 5.41 Å². The number of ketones is 1. The van der Waals surface area contributed by atoms with Crippen LogP contribution in [-0.2, 0) is 9.36 Å². The average molecular weight is 220 g/mol. The van der Waals surface area contributed by atoms with Crippen LogP contribution in [0.3, 0.4) is 0 Å². The first-order valence-electron chi connectivity index (χ1n) is 4.97. The van der Waals surface area contributed by atoms with E-state index in [1.165, 1.54) is 0 Å². The van der Waals surface area contributed by atoms with Crippen LogP contribution in [-0.4, -0.2) is 21.7 Å². The summed E-state index contributed by atoms with van der Waals surface area (Å²) in [7, 11) is -4.17. The maximum atomic E-state index is 11.7. The molecule has 1 aliphatic rings. The Kier molecular flexibility index (Phi) is 3.51. The topological polar surface area (TPSA) is 74.6 Å². The van der Waals surface area contributed by atoms with Crippen molar-refractivity contribution in [3.05, 3.63) is 0 Å². The molecule has 0 saturated heterocycles. The molecule has 5 heteroatoms. The number of hydrogen-bond acceptors (Lipinski definition) is 2. The zero-order chi connectivity index (χ0) is 10.8. The maximum Gasteiger partial charge on any atom is 0.332 e. The highest BCUT2D eigenvalue weighted by atomic mass is 31.2. The molecular formula is C9H17O4P. The van der Waals surface area contributed by atoms with Crippen molar-refractivity contribution in [2.75, 3.05) is 6.16 Å². The smallest absolute Gasteiger partial charge is 0.324 e. The summed E-state index contributed by atoms with van der Waals surface area (Å²) < 4.78 is 10.7. The van der Waals surface area contributed by atoms with Gasteiger partial charge in [0.2, 0.25) is 0 Å². The van der Waals surface area contributed by atoms with Crippen molar-refractivity contribution < 1.29 is 19.1 Å². The normalized spacial score (nSPS) is 20.2. The van der Waals surface area contributed by atoms with E-state index in [1.807, 2.05) is 6.92 Å². The molecule has 0 aromatic rings. The fourth-order valence-electron chi connectivity index (χ4n) is 2.11. The lowest BCUT2D eigenvalue weighted by Crippen LogP contribution is -2.39. The van der Waals surface area contributed by atoms with Gasteiger partial charge < -0.3 is 9.79 Å². The minimum absolute atomic E-state index is 0.237. The van der Waals surface area contributed by atoms with Crippen LogP contribution in [0.4, 0.5) is 0 Å². The van der Waals surface area contributed by atoms with Gasteiger partial charge in [0, 0.05) is 5.41 Å². The molecule has 0 aromatic heterocycles. The second-order valence-corrected chi connectivity index (χ2v) is 5.78. The van der Waals surface area contributed by atoms with Gasteiger partial charge in [-0.15, -0.1) is 0 Å². The van der Waals surface area contributed by atoms with E-state index in [0.717, 1.165) is 32.1 Å². The quantitative estimate of drug-likeness (QED) is 0.691. The van der Waals surface area contributed by atoms with Gasteiger partial charge in [-0.25, -0.2) is 0 Å². The molecule has 0 atom stereocenters. The van der Waals surface area contributed by atoms with E-state index in [1.54, 1.807) is 0 Å². The van der Waals surface area contributed by atoms with Crippen LogP contribution in [0.25, 0.3) is 0 Å². The molecule has 0 spiro atoms. The number of hydrogen-bond donors (Lipinski definition) is 2. The molecule has 1 rings (SSSR count). The monoisotopic (exact) mass is 220 g/mol. The molecule has 0 amide bonds. The predicted octanol–water partition coefficient (Wildman–Crippen LogP) is 1.70. The molecule has 0 heterocycles. The molecule has 0 aliphatic heterocycles. The van der Waals surface area contributed by atoms with E-state index in [4.69, 9.17) is 9.79 Å². The second kappa shape index (κ2) is 4.13. The summed E-state index contributed by atoms with van der Waals surface area (Å²) in [5, 5.41) is 0. The van der Waals surface area contributed by atoms with Crippen molar-refractivity contribution >= 4 is 13.4 Å². The third-order valence-corrected chi connectivity index (χ3v) is 3.68. The number of carbonyl (C=O) groups is 1. The molecule has 1 fully saturated rings. The fourth-order valence-corrected chi connectivity index (χ4v) is 2.81. The minimum Gasteiger partial charge on any atom is -0.324 e. The third-order valence-electron chi connectivity index (χ3n) is 2.98. The van der Waals surface area contributed by atoms with E-state index in [0.29, 0.717) is 0 Å². The van der Waals surface area contributed by atoms with Gasteiger partial charge in [0.15, 0.2) is 5.78 Å². The van der Waals surface area contributed by atoms with Crippen molar-refractivity contribution in [3.8, 4) is 0 Å². The highest BCUT2D eigenvalue weighted by Crippen LogP contribution is 2.48. The highest BCUT2D eigenvalue weighted by molar-refractivity contribution is 7.52. The van der Waals surface area contributed by atoms with Crippen LogP contribution in [0.5, 0.6) is 0 Å². The lowest BCUT2D eigenvalue weighted by atomic mass is 9.64. The second-order valence-electron chi connectivity index (χ2n) is 4.13. The Balaban J connectivity index is 2.61. The Labute approximate surface area is 83.9 Å². The molecule has 0 aromatic carbocycles. The zero-order valence-corrected chi connectivity index (χ0v) is 9.30. The summed E-state index contributed by atoms with van der Waals surface area (Å²) in [5.41, 5.74) is -0.393. The van der Waals surface area contributed by atoms with Gasteiger partial charge in [0.1, 0.15) is 6.16 Å². The Bertz CT molecular complexity index is 264. The van der Waals surface area contributed by atoms with Gasteiger partial charge in [0.05, 0.1) is 0 Å². The number of rotatable bonds is 5. The van der Waals surface area contributed by atoms with Crippen LogP contribution < -0.4 is 0 Å². The lowest BCUT2D eigenvalue weighted by Gasteiger charge is -2.40. The minimum atomic E-state index is -4.17. The molecule has 2 N–H and O–H groups in total. The first-order chi connectivity index (χ1) is 6.40. The van der Waals surface area contributed by atoms with Crippen LogP contribution >= 0.6 is 7.60 Å². The predicted molar refractivity (Wildman–Crippen MR) is 53.1 cm³/mol. The van der Waals surface area contributed by atoms with Crippen LogP contribution in [0.15, 0.2) is 0 Å². The number of carbonyl (C=O) groups excluding carboxylic acids is 1. The van der Waals surface area contributed by atoms with Gasteiger partial charge in [0.25, 0.3) is 0 Å². The van der Waals surface area contributed by atoms with Crippen molar-refractivity contribution in [2.24, 2.45) is 5.41 Å². The summed E-state index contributed by atoms with van der Waals surface area (Å²) in [4.78, 5) is 29.1. The van der Waals surface area contributed by atoms with Crippen molar-refractivity contribution in [1.29, 1.82) is 0 Å². The Morgan fingerprint density at radius 2 is 2.00 bits per heavy atom. The van der Waals surface area contributed by atoms with Crippen molar-refractivity contribution in [3.63, 3.8) is 0 Å². The Morgan fingerprint density at radius 1 is 1.43 bits per heavy atom. The van der Waals surface area contributed by atoms with Gasteiger partial charge in [-0.05, 0) is 19.3 Å². The number of Topliss-reactive ketones (excluding diaryl/α,β-unsaturated/α-hetero) is 1. The molecule has 14 heavy (non-hydrogen) atoms. The standard InChI is InChI=1S/C9H17O4P/c1-2-4-9(5-3-6-9)8(10)7-14(11,12)13/h2-7H2,1H3,(H2,11,12,13). The third kappa shape index (κ3) is 2.66. The van der Waals surface area contributed by atoms with E-state index < -0.39 is 19.2 Å². The average Bonchev–Trinajstić information content (AvgIpc) is 1.92. The molecule has 1 aliphatic carbocycles. The first-order valence-corrected chi connectivity index (χ1v) is 6.77. The lowest BCUT2D eigenvalue weighted by molar-refractivity contribution is -0.131. The summed E-state index contributed by atoms with van der Waals surface area (Å²) in [6, 6.07) is 0. The van der Waals surface area contributed by atoms with Crippen LogP contribution in [0.2, 0.25) is 0 Å². The molecule has 0 bridgehead atoms. The van der Waals surface area contributed by atoms with Crippen molar-refractivity contribution in [1.82, 2.24) is 0 Å². The van der Waals surface area contributed by atoms with E-state index in [2.05, 4.69) is 0 Å². The van der Waals surface area contributed by atoms with E-state index >= 15 is 0 Å². The van der Waals surface area contributed by atoms with Gasteiger partial charge in [-0.2, -0.15) is 0 Å². The summed E-state index contributed by atoms with van der Waals surface area (Å²) >= 11 is 0. The zero-order valence-electron chi connectivity index (χ0n) is 8.40. The summed E-state index contributed by atoms with van der Waals surface area (Å²) in [6.07, 6.45) is 3.71. The molecule has 0 unspecified atom stereocenters. The Hall–Kier alpha value is -0.180. The maximum absolute atomic E-state index is 11.7. The molecule has 4 nitrogen and oxygen atoms in total. The van der Waals surface area contributed by atoms with Gasteiger partial charge in [-0.3, -0.25) is 9.36 Å². The molecule has 0 radical (unpaired) electrons. The molecular weight excluding hydrogens is 203 g/mol. The van der Waals surface area contributed by atoms with Gasteiger partial charge >= 0.3 is 7.60 Å². The first kappa shape index (κ1) is 11.9. The van der Waals surface area contributed by atoms with Crippen molar-refractivity contribution in [2.45, 2.75) is 39.0 Å². The van der Waals surface area contributed by atoms with Crippen LogP contribution in [0.1, 0.15) is 39.0 Å². The van der Waals surface area contributed by atoms with Gasteiger partial charge in [-0.1, -0.05) is 19.8 Å². The van der Waals surface area contributed by atoms with E-state index in [-0.39, 0.29) is 5.78 Å². The highest BCUT2D eigenvalue weighted by Gasteiger charge is 2.44. The van der Waals surface area contributed by atoms with E-state index in [9.17, 15) is 9.36 Å². The molecule has 1 saturated carbocycles.